The molecule has 1 unspecified atom stereocenters. The van der Waals surface area contributed by atoms with Crippen molar-refractivity contribution < 1.29 is 14.3 Å². The monoisotopic (exact) mass is 294 g/mol. The van der Waals surface area contributed by atoms with Crippen molar-refractivity contribution in [3.8, 4) is 5.75 Å². The molecule has 0 aliphatic carbocycles. The van der Waals surface area contributed by atoms with Gasteiger partial charge in [0.2, 0.25) is 5.91 Å². The molecule has 1 amide bonds. The van der Waals surface area contributed by atoms with Crippen molar-refractivity contribution in [2.75, 3.05) is 32.2 Å². The van der Waals surface area contributed by atoms with Gasteiger partial charge in [0.05, 0.1) is 6.61 Å². The van der Waals surface area contributed by atoms with E-state index >= 15 is 0 Å². The van der Waals surface area contributed by atoms with E-state index in [0.717, 1.165) is 24.3 Å². The Kier molecular flexibility index (Phi) is 8.47. The fourth-order valence-corrected chi connectivity index (χ4v) is 1.91. The SMILES string of the molecule is COCCOc1ccc(NC(=O)CCC(C)CCN)cc1. The van der Waals surface area contributed by atoms with Crippen LogP contribution in [0.15, 0.2) is 24.3 Å². The lowest BCUT2D eigenvalue weighted by Gasteiger charge is -2.10. The van der Waals surface area contributed by atoms with Crippen LogP contribution in [0, 0.1) is 5.92 Å². The van der Waals surface area contributed by atoms with Gasteiger partial charge in [-0.15, -0.1) is 0 Å². The maximum atomic E-state index is 11.8. The highest BCUT2D eigenvalue weighted by Gasteiger charge is 2.06. The topological polar surface area (TPSA) is 73.6 Å². The number of amides is 1. The molecule has 1 rings (SSSR count). The maximum absolute atomic E-state index is 11.8. The van der Waals surface area contributed by atoms with E-state index in [9.17, 15) is 4.79 Å². The van der Waals surface area contributed by atoms with Crippen LogP contribution < -0.4 is 15.8 Å². The van der Waals surface area contributed by atoms with E-state index in [4.69, 9.17) is 15.2 Å². The van der Waals surface area contributed by atoms with Crippen molar-refractivity contribution in [1.29, 1.82) is 0 Å². The minimum Gasteiger partial charge on any atom is -0.491 e. The Labute approximate surface area is 126 Å². The summed E-state index contributed by atoms with van der Waals surface area (Å²) in [5, 5.41) is 2.88. The molecule has 0 heterocycles. The van der Waals surface area contributed by atoms with Gasteiger partial charge in [0.15, 0.2) is 0 Å². The number of carbonyl (C=O) groups is 1. The number of hydrogen-bond donors (Lipinski definition) is 2. The lowest BCUT2D eigenvalue weighted by Crippen LogP contribution is -2.14. The molecule has 5 heteroatoms. The minimum absolute atomic E-state index is 0.0342. The predicted molar refractivity (Wildman–Crippen MR) is 84.5 cm³/mol. The summed E-state index contributed by atoms with van der Waals surface area (Å²) in [7, 11) is 1.64. The number of hydrogen-bond acceptors (Lipinski definition) is 4. The van der Waals surface area contributed by atoms with E-state index in [1.54, 1.807) is 7.11 Å². The first-order chi connectivity index (χ1) is 10.2. The van der Waals surface area contributed by atoms with Gasteiger partial charge in [0.25, 0.3) is 0 Å². The van der Waals surface area contributed by atoms with Crippen molar-refractivity contribution in [3.05, 3.63) is 24.3 Å². The van der Waals surface area contributed by atoms with Crippen LogP contribution in [0.1, 0.15) is 26.2 Å². The summed E-state index contributed by atoms with van der Waals surface area (Å²) in [4.78, 5) is 11.8. The van der Waals surface area contributed by atoms with E-state index in [0.29, 0.717) is 32.1 Å². The van der Waals surface area contributed by atoms with Gasteiger partial charge in [-0.3, -0.25) is 4.79 Å². The standard InChI is InChI=1S/C16H26N2O3/c1-13(9-10-17)3-8-16(19)18-14-4-6-15(7-5-14)21-12-11-20-2/h4-7,13H,3,8-12,17H2,1-2H3,(H,18,19). The van der Waals surface area contributed by atoms with Crippen LogP contribution in [0.4, 0.5) is 5.69 Å². The first-order valence-corrected chi connectivity index (χ1v) is 7.37. The Morgan fingerprint density at radius 3 is 2.57 bits per heavy atom. The highest BCUT2D eigenvalue weighted by Crippen LogP contribution is 2.16. The molecule has 1 aromatic carbocycles. The number of anilines is 1. The zero-order chi connectivity index (χ0) is 15.5. The zero-order valence-electron chi connectivity index (χ0n) is 12.9. The third kappa shape index (κ3) is 7.68. The third-order valence-electron chi connectivity index (χ3n) is 3.22. The van der Waals surface area contributed by atoms with Gasteiger partial charge < -0.3 is 20.5 Å². The average Bonchev–Trinajstić information content (AvgIpc) is 2.48. The molecule has 0 saturated heterocycles. The molecular formula is C16H26N2O3. The molecule has 1 atom stereocenters. The number of ether oxygens (including phenoxy) is 2. The molecule has 0 aromatic heterocycles. The van der Waals surface area contributed by atoms with Crippen molar-refractivity contribution in [1.82, 2.24) is 0 Å². The number of benzene rings is 1. The van der Waals surface area contributed by atoms with Crippen LogP contribution in [0.2, 0.25) is 0 Å². The van der Waals surface area contributed by atoms with Gasteiger partial charge in [-0.1, -0.05) is 6.92 Å². The summed E-state index contributed by atoms with van der Waals surface area (Å²) in [6.45, 7) is 3.86. The van der Waals surface area contributed by atoms with Gasteiger partial charge >= 0.3 is 0 Å². The number of nitrogens with one attached hydrogen (secondary N) is 1. The predicted octanol–water partition coefficient (Wildman–Crippen LogP) is 2.42. The maximum Gasteiger partial charge on any atom is 0.224 e. The smallest absolute Gasteiger partial charge is 0.224 e. The molecule has 0 aliphatic rings. The highest BCUT2D eigenvalue weighted by molar-refractivity contribution is 5.90. The summed E-state index contributed by atoms with van der Waals surface area (Å²) in [5.74, 6) is 1.28. The Balaban J connectivity index is 2.32. The van der Waals surface area contributed by atoms with E-state index in [2.05, 4.69) is 12.2 Å². The molecule has 0 spiro atoms. The van der Waals surface area contributed by atoms with Crippen LogP contribution in [0.3, 0.4) is 0 Å². The molecule has 118 valence electrons. The van der Waals surface area contributed by atoms with E-state index < -0.39 is 0 Å². The quantitative estimate of drug-likeness (QED) is 0.650. The van der Waals surface area contributed by atoms with Crippen molar-refractivity contribution >= 4 is 11.6 Å². The van der Waals surface area contributed by atoms with Crippen molar-refractivity contribution in [2.45, 2.75) is 26.2 Å². The molecule has 21 heavy (non-hydrogen) atoms. The Bertz CT molecular complexity index is 406. The minimum atomic E-state index is 0.0342. The van der Waals surface area contributed by atoms with Crippen molar-refractivity contribution in [3.63, 3.8) is 0 Å². The second-order valence-corrected chi connectivity index (χ2v) is 5.14. The molecule has 0 saturated carbocycles. The Morgan fingerprint density at radius 2 is 1.95 bits per heavy atom. The number of methoxy groups -OCH3 is 1. The summed E-state index contributed by atoms with van der Waals surface area (Å²) in [6.07, 6.45) is 2.34. The third-order valence-corrected chi connectivity index (χ3v) is 3.22. The molecule has 5 nitrogen and oxygen atoms in total. The molecular weight excluding hydrogens is 268 g/mol. The number of carbonyl (C=O) groups excluding carboxylic acids is 1. The summed E-state index contributed by atoms with van der Waals surface area (Å²) >= 11 is 0. The van der Waals surface area contributed by atoms with Crippen LogP contribution in [-0.2, 0) is 9.53 Å². The molecule has 0 fully saturated rings. The molecule has 3 N–H and O–H groups in total. The molecule has 0 aliphatic heterocycles. The zero-order valence-corrected chi connectivity index (χ0v) is 12.9. The van der Waals surface area contributed by atoms with Gasteiger partial charge in [-0.2, -0.15) is 0 Å². The van der Waals surface area contributed by atoms with Crippen molar-refractivity contribution in [2.24, 2.45) is 11.7 Å². The molecule has 0 bridgehead atoms. The first-order valence-electron chi connectivity index (χ1n) is 7.37. The molecule has 0 radical (unpaired) electrons. The lowest BCUT2D eigenvalue weighted by atomic mass is 10.0. The summed E-state index contributed by atoms with van der Waals surface area (Å²) in [5.41, 5.74) is 6.28. The van der Waals surface area contributed by atoms with Gasteiger partial charge in [-0.25, -0.2) is 0 Å². The Morgan fingerprint density at radius 1 is 1.24 bits per heavy atom. The Hall–Kier alpha value is -1.59. The average molecular weight is 294 g/mol. The summed E-state index contributed by atoms with van der Waals surface area (Å²) < 4.78 is 10.4. The lowest BCUT2D eigenvalue weighted by molar-refractivity contribution is -0.116. The fraction of sp³-hybridized carbons (Fsp3) is 0.562. The second-order valence-electron chi connectivity index (χ2n) is 5.14. The fourth-order valence-electron chi connectivity index (χ4n) is 1.91. The van der Waals surface area contributed by atoms with Crippen LogP contribution >= 0.6 is 0 Å². The van der Waals surface area contributed by atoms with E-state index in [1.807, 2.05) is 24.3 Å². The largest absolute Gasteiger partial charge is 0.491 e. The van der Waals surface area contributed by atoms with Gasteiger partial charge in [-0.05, 0) is 49.6 Å². The molecule has 1 aromatic rings. The second kappa shape index (κ2) is 10.2. The van der Waals surface area contributed by atoms with Crippen LogP contribution in [0.5, 0.6) is 5.75 Å². The normalized spacial score (nSPS) is 12.0. The van der Waals surface area contributed by atoms with Gasteiger partial charge in [0.1, 0.15) is 12.4 Å². The van der Waals surface area contributed by atoms with Crippen LogP contribution in [0.25, 0.3) is 0 Å². The number of nitrogens with two attached hydrogens (primary N) is 1. The number of rotatable bonds is 10. The van der Waals surface area contributed by atoms with E-state index in [-0.39, 0.29) is 5.91 Å². The highest BCUT2D eigenvalue weighted by atomic mass is 16.5. The first kappa shape index (κ1) is 17.5. The summed E-state index contributed by atoms with van der Waals surface area (Å²) in [6, 6.07) is 7.34. The van der Waals surface area contributed by atoms with Gasteiger partial charge in [0, 0.05) is 19.2 Å². The van der Waals surface area contributed by atoms with Crippen LogP contribution in [-0.4, -0.2) is 32.8 Å². The van der Waals surface area contributed by atoms with E-state index in [1.165, 1.54) is 0 Å².